The Hall–Kier alpha value is -6.84. The van der Waals surface area contributed by atoms with Gasteiger partial charge in [0, 0.05) is 49.3 Å². The summed E-state index contributed by atoms with van der Waals surface area (Å²) in [6.07, 6.45) is 0. The molecular weight excluding hydrogens is 621 g/mol. The monoisotopic (exact) mass is 650 g/mol. The third kappa shape index (κ3) is 4.19. The molecule has 0 saturated heterocycles. The summed E-state index contributed by atoms with van der Waals surface area (Å²) in [6, 6.07) is 65.5. The molecule has 0 aliphatic rings. The second-order valence-corrected chi connectivity index (χ2v) is 13.3. The maximum absolute atomic E-state index is 6.39. The fraction of sp³-hybridized carbons (Fsp3) is 0. The van der Waals surface area contributed by atoms with Crippen molar-refractivity contribution in [3.8, 4) is 33.6 Å². The molecule has 0 N–H and O–H groups in total. The molecule has 51 heavy (non-hydrogen) atoms. The van der Waals surface area contributed by atoms with Crippen molar-refractivity contribution in [1.29, 1.82) is 0 Å². The van der Waals surface area contributed by atoms with Crippen LogP contribution < -0.4 is 0 Å². The maximum Gasteiger partial charge on any atom is 0.143 e. The number of hydrogen-bond acceptors (Lipinski definition) is 1. The van der Waals surface area contributed by atoms with Crippen LogP contribution in [0, 0.1) is 0 Å². The number of para-hydroxylation sites is 4. The van der Waals surface area contributed by atoms with Crippen molar-refractivity contribution >= 4 is 65.6 Å². The summed E-state index contributed by atoms with van der Waals surface area (Å²) in [5.74, 6) is 0. The van der Waals surface area contributed by atoms with Crippen molar-refractivity contribution in [3.05, 3.63) is 182 Å². The molecule has 0 bridgehead atoms. The predicted octanol–water partition coefficient (Wildman–Crippen LogP) is 13.1. The Balaban J connectivity index is 1.15. The quantitative estimate of drug-likeness (QED) is 0.186. The SMILES string of the molecule is c1ccc(-c2ccc3c4cc5c6ccccc6n(-c6ccc(-c7cccc8c7oc7ccccc78)cc6)c5cc4n(-c4ccccc4)c3c2)cc1. The molecule has 0 spiro atoms. The molecule has 3 aromatic heterocycles. The van der Waals surface area contributed by atoms with Gasteiger partial charge in [-0.25, -0.2) is 0 Å². The zero-order chi connectivity index (χ0) is 33.5. The molecule has 0 atom stereocenters. The van der Waals surface area contributed by atoms with Crippen LogP contribution in [0.3, 0.4) is 0 Å². The van der Waals surface area contributed by atoms with Crippen molar-refractivity contribution in [3.63, 3.8) is 0 Å². The molecule has 0 radical (unpaired) electrons. The molecule has 0 aliphatic carbocycles. The van der Waals surface area contributed by atoms with E-state index in [4.69, 9.17) is 4.42 Å². The first-order valence-corrected chi connectivity index (χ1v) is 17.4. The van der Waals surface area contributed by atoms with Gasteiger partial charge in [-0.2, -0.15) is 0 Å². The average Bonchev–Trinajstić information content (AvgIpc) is 3.85. The Morgan fingerprint density at radius 2 is 0.902 bits per heavy atom. The van der Waals surface area contributed by atoms with Gasteiger partial charge >= 0.3 is 0 Å². The Labute approximate surface area is 293 Å². The Morgan fingerprint density at radius 3 is 1.71 bits per heavy atom. The third-order valence-corrected chi connectivity index (χ3v) is 10.5. The minimum absolute atomic E-state index is 0.914. The van der Waals surface area contributed by atoms with Gasteiger partial charge in [0.15, 0.2) is 0 Å². The number of hydrogen-bond donors (Lipinski definition) is 0. The molecule has 3 heteroatoms. The topological polar surface area (TPSA) is 23.0 Å². The van der Waals surface area contributed by atoms with Crippen molar-refractivity contribution in [2.45, 2.75) is 0 Å². The van der Waals surface area contributed by atoms with E-state index >= 15 is 0 Å². The number of benzene rings is 8. The highest BCUT2D eigenvalue weighted by Crippen LogP contribution is 2.41. The lowest BCUT2D eigenvalue weighted by atomic mass is 10.0. The minimum atomic E-state index is 0.914. The summed E-state index contributed by atoms with van der Waals surface area (Å²) >= 11 is 0. The number of aromatic nitrogens is 2. The lowest BCUT2D eigenvalue weighted by molar-refractivity contribution is 0.670. The Bertz CT molecular complexity index is 3110. The first kappa shape index (κ1) is 28.0. The molecule has 0 fully saturated rings. The molecule has 3 nitrogen and oxygen atoms in total. The standard InChI is InChI=1S/C48H30N2O/c1-3-12-31(13-4-1)33-24-27-38-42-29-41-37-16-7-9-20-43(37)49(45(41)30-46(42)50(44(38)28-33)34-14-5-2-6-15-34)35-25-22-32(23-26-35)36-18-11-19-40-39-17-8-10-21-47(39)51-48(36)40/h1-30H. The fourth-order valence-electron chi connectivity index (χ4n) is 8.19. The van der Waals surface area contributed by atoms with E-state index in [-0.39, 0.29) is 0 Å². The van der Waals surface area contributed by atoms with E-state index in [1.807, 2.05) is 12.1 Å². The van der Waals surface area contributed by atoms with Crippen LogP contribution in [-0.2, 0) is 0 Å². The zero-order valence-corrected chi connectivity index (χ0v) is 27.6. The van der Waals surface area contributed by atoms with Crippen molar-refractivity contribution < 1.29 is 4.42 Å². The van der Waals surface area contributed by atoms with E-state index in [0.29, 0.717) is 0 Å². The lowest BCUT2D eigenvalue weighted by Gasteiger charge is -2.11. The van der Waals surface area contributed by atoms with E-state index < -0.39 is 0 Å². The van der Waals surface area contributed by atoms with Gasteiger partial charge in [0.2, 0.25) is 0 Å². The summed E-state index contributed by atoms with van der Waals surface area (Å²) in [4.78, 5) is 0. The summed E-state index contributed by atoms with van der Waals surface area (Å²) in [5.41, 5.74) is 13.5. The van der Waals surface area contributed by atoms with Crippen LogP contribution >= 0.6 is 0 Å². The number of rotatable bonds is 4. The normalized spacial score (nSPS) is 11.9. The average molecular weight is 651 g/mol. The highest BCUT2D eigenvalue weighted by atomic mass is 16.3. The summed E-state index contributed by atoms with van der Waals surface area (Å²) in [6.45, 7) is 0. The van der Waals surface area contributed by atoms with E-state index in [9.17, 15) is 0 Å². The maximum atomic E-state index is 6.39. The first-order chi connectivity index (χ1) is 25.3. The first-order valence-electron chi connectivity index (χ1n) is 17.4. The smallest absolute Gasteiger partial charge is 0.143 e. The van der Waals surface area contributed by atoms with Crippen LogP contribution in [0.2, 0.25) is 0 Å². The van der Waals surface area contributed by atoms with Gasteiger partial charge in [-0.3, -0.25) is 0 Å². The summed E-state index contributed by atoms with van der Waals surface area (Å²) in [5, 5.41) is 7.27. The van der Waals surface area contributed by atoms with Crippen molar-refractivity contribution in [1.82, 2.24) is 9.13 Å². The van der Waals surface area contributed by atoms with Gasteiger partial charge < -0.3 is 13.6 Å². The van der Waals surface area contributed by atoms with Gasteiger partial charge in [-0.1, -0.05) is 127 Å². The Morgan fingerprint density at radius 1 is 0.314 bits per heavy atom. The third-order valence-electron chi connectivity index (χ3n) is 10.5. The van der Waals surface area contributed by atoms with Gasteiger partial charge in [-0.05, 0) is 71.3 Å². The predicted molar refractivity (Wildman–Crippen MR) is 213 cm³/mol. The van der Waals surface area contributed by atoms with Crippen LogP contribution in [0.15, 0.2) is 186 Å². The minimum Gasteiger partial charge on any atom is -0.455 e. The van der Waals surface area contributed by atoms with Crippen molar-refractivity contribution in [2.24, 2.45) is 0 Å². The van der Waals surface area contributed by atoms with Crippen LogP contribution in [0.25, 0.3) is 99.2 Å². The lowest BCUT2D eigenvalue weighted by Crippen LogP contribution is -1.96. The molecule has 11 aromatic rings. The van der Waals surface area contributed by atoms with Gasteiger partial charge in [0.1, 0.15) is 11.2 Å². The van der Waals surface area contributed by atoms with Crippen LogP contribution in [0.5, 0.6) is 0 Å². The van der Waals surface area contributed by atoms with Crippen LogP contribution in [0.4, 0.5) is 0 Å². The molecule has 8 aromatic carbocycles. The molecule has 0 saturated carbocycles. The number of nitrogens with zero attached hydrogens (tertiary/aromatic N) is 2. The van der Waals surface area contributed by atoms with Gasteiger partial charge in [0.25, 0.3) is 0 Å². The largest absolute Gasteiger partial charge is 0.455 e. The molecule has 238 valence electrons. The van der Waals surface area contributed by atoms with E-state index in [1.54, 1.807) is 0 Å². The molecular formula is C48H30N2O. The fourth-order valence-corrected chi connectivity index (χ4v) is 8.19. The second-order valence-electron chi connectivity index (χ2n) is 13.3. The van der Waals surface area contributed by atoms with E-state index in [0.717, 1.165) is 44.4 Å². The molecule has 11 rings (SSSR count). The summed E-state index contributed by atoms with van der Waals surface area (Å²) in [7, 11) is 0. The number of furan rings is 1. The van der Waals surface area contributed by atoms with Gasteiger partial charge in [-0.15, -0.1) is 0 Å². The number of fused-ring (bicyclic) bond motifs is 9. The van der Waals surface area contributed by atoms with E-state index in [2.05, 4.69) is 179 Å². The van der Waals surface area contributed by atoms with E-state index in [1.165, 1.54) is 54.7 Å². The van der Waals surface area contributed by atoms with Gasteiger partial charge in [0.05, 0.1) is 22.1 Å². The van der Waals surface area contributed by atoms with Crippen LogP contribution in [-0.4, -0.2) is 9.13 Å². The highest BCUT2D eigenvalue weighted by Gasteiger charge is 2.19. The molecule has 0 aliphatic heterocycles. The molecule has 0 unspecified atom stereocenters. The van der Waals surface area contributed by atoms with Crippen LogP contribution in [0.1, 0.15) is 0 Å². The molecule has 3 heterocycles. The molecule has 0 amide bonds. The summed E-state index contributed by atoms with van der Waals surface area (Å²) < 4.78 is 11.2. The van der Waals surface area contributed by atoms with Crippen molar-refractivity contribution in [2.75, 3.05) is 0 Å². The Kier molecular flexibility index (Phi) is 5.96. The highest BCUT2D eigenvalue weighted by molar-refractivity contribution is 6.19. The zero-order valence-electron chi connectivity index (χ0n) is 27.6. The second kappa shape index (κ2) is 10.8.